The van der Waals surface area contributed by atoms with Crippen molar-refractivity contribution in [1.29, 1.82) is 0 Å². The molecule has 0 aliphatic carbocycles. The Morgan fingerprint density at radius 3 is 1.12 bits per heavy atom. The summed E-state index contributed by atoms with van der Waals surface area (Å²) in [6.07, 6.45) is 0. The Kier molecular flexibility index (Phi) is 9.73. The van der Waals surface area contributed by atoms with Crippen molar-refractivity contribution < 1.29 is 13.3 Å². The molecule has 0 heterocycles. The third-order valence-electron chi connectivity index (χ3n) is 0.577. The summed E-state index contributed by atoms with van der Waals surface area (Å²) in [5, 5.41) is 0. The highest BCUT2D eigenvalue weighted by Crippen LogP contribution is 1.81. The molecule has 0 fully saturated rings. The van der Waals surface area contributed by atoms with Crippen molar-refractivity contribution in [2.24, 2.45) is 0 Å². The first-order chi connectivity index (χ1) is 3.35. The van der Waals surface area contributed by atoms with Crippen LogP contribution in [0.15, 0.2) is 0 Å². The van der Waals surface area contributed by atoms with Gasteiger partial charge >= 0.3 is 9.53 Å². The molecular formula is C4H14O3Si. The van der Waals surface area contributed by atoms with E-state index in [9.17, 15) is 0 Å². The fourth-order valence-electron chi connectivity index (χ4n) is 0.289. The molecule has 0 aromatic carbocycles. The smallest absolute Gasteiger partial charge is 0.379 e. The first kappa shape index (κ1) is 11.0. The van der Waals surface area contributed by atoms with Gasteiger partial charge in [-0.25, -0.2) is 0 Å². The van der Waals surface area contributed by atoms with Gasteiger partial charge in [0.1, 0.15) is 0 Å². The highest BCUT2D eigenvalue weighted by Gasteiger charge is 2.04. The van der Waals surface area contributed by atoms with Crippen molar-refractivity contribution in [1.82, 2.24) is 0 Å². The van der Waals surface area contributed by atoms with Gasteiger partial charge in [0.15, 0.2) is 0 Å². The Morgan fingerprint density at radius 2 is 1.12 bits per heavy atom. The van der Waals surface area contributed by atoms with Crippen LogP contribution in [0.1, 0.15) is 7.43 Å². The molecule has 0 saturated heterocycles. The Bertz CT molecular complexity index is 32.8. The van der Waals surface area contributed by atoms with Crippen molar-refractivity contribution in [3.8, 4) is 0 Å². The Hall–Kier alpha value is 0.0969. The van der Waals surface area contributed by atoms with Crippen LogP contribution in [-0.2, 0) is 13.3 Å². The number of hydrogen-bond acceptors (Lipinski definition) is 3. The zero-order valence-corrected chi connectivity index (χ0v) is 5.96. The first-order valence-corrected chi connectivity index (χ1v) is 3.35. The van der Waals surface area contributed by atoms with E-state index in [1.165, 1.54) is 0 Å². The van der Waals surface area contributed by atoms with Gasteiger partial charge in [-0.15, -0.1) is 0 Å². The predicted octanol–water partition coefficient (Wildman–Crippen LogP) is 0.279. The van der Waals surface area contributed by atoms with E-state index >= 15 is 0 Å². The van der Waals surface area contributed by atoms with E-state index < -0.39 is 9.53 Å². The van der Waals surface area contributed by atoms with Crippen LogP contribution in [0.5, 0.6) is 0 Å². The van der Waals surface area contributed by atoms with E-state index in [4.69, 9.17) is 13.3 Å². The minimum atomic E-state index is -1.67. The van der Waals surface area contributed by atoms with Gasteiger partial charge in [0.2, 0.25) is 0 Å². The SMILES string of the molecule is C.CO[SiH](OC)OC. The number of rotatable bonds is 3. The molecule has 0 bridgehead atoms. The minimum absolute atomic E-state index is 0. The van der Waals surface area contributed by atoms with Crippen LogP contribution in [0.2, 0.25) is 0 Å². The van der Waals surface area contributed by atoms with Crippen LogP contribution in [-0.4, -0.2) is 30.9 Å². The quantitative estimate of drug-likeness (QED) is 0.524. The van der Waals surface area contributed by atoms with Crippen molar-refractivity contribution >= 4 is 9.53 Å². The maximum absolute atomic E-state index is 4.74. The average molecular weight is 138 g/mol. The zero-order valence-electron chi connectivity index (χ0n) is 4.80. The first-order valence-electron chi connectivity index (χ1n) is 1.93. The summed E-state index contributed by atoms with van der Waals surface area (Å²) in [5.74, 6) is 0. The van der Waals surface area contributed by atoms with Crippen LogP contribution in [0.4, 0.5) is 0 Å². The molecule has 0 aliphatic rings. The summed E-state index contributed by atoms with van der Waals surface area (Å²) in [5.41, 5.74) is 0. The summed E-state index contributed by atoms with van der Waals surface area (Å²) >= 11 is 0. The molecule has 3 nitrogen and oxygen atoms in total. The molecule has 0 aromatic heterocycles. The van der Waals surface area contributed by atoms with Gasteiger partial charge in [0.25, 0.3) is 0 Å². The Balaban J connectivity index is 0. The molecule has 0 spiro atoms. The molecule has 0 unspecified atom stereocenters. The van der Waals surface area contributed by atoms with Gasteiger partial charge in [-0.3, -0.25) is 0 Å². The second kappa shape index (κ2) is 7.10. The van der Waals surface area contributed by atoms with Gasteiger partial charge in [-0.05, 0) is 0 Å². The van der Waals surface area contributed by atoms with Gasteiger partial charge in [-0.2, -0.15) is 0 Å². The van der Waals surface area contributed by atoms with Crippen LogP contribution in [0, 0.1) is 0 Å². The van der Waals surface area contributed by atoms with E-state index in [1.54, 1.807) is 21.3 Å². The molecule has 0 rings (SSSR count). The molecule has 0 atom stereocenters. The van der Waals surface area contributed by atoms with E-state index in [0.717, 1.165) is 0 Å². The van der Waals surface area contributed by atoms with Crippen molar-refractivity contribution in [3.63, 3.8) is 0 Å². The van der Waals surface area contributed by atoms with E-state index in [2.05, 4.69) is 0 Å². The highest BCUT2D eigenvalue weighted by atomic mass is 28.3. The van der Waals surface area contributed by atoms with Crippen LogP contribution in [0.25, 0.3) is 0 Å². The zero-order chi connectivity index (χ0) is 5.70. The summed E-state index contributed by atoms with van der Waals surface area (Å²) in [6, 6.07) is 0. The molecule has 0 aromatic rings. The largest absolute Gasteiger partial charge is 0.483 e. The molecule has 0 aliphatic heterocycles. The summed E-state index contributed by atoms with van der Waals surface area (Å²) in [7, 11) is 3.05. The van der Waals surface area contributed by atoms with E-state index in [0.29, 0.717) is 0 Å². The van der Waals surface area contributed by atoms with Crippen molar-refractivity contribution in [2.75, 3.05) is 21.3 Å². The lowest BCUT2D eigenvalue weighted by atomic mass is 11.8. The summed E-state index contributed by atoms with van der Waals surface area (Å²) in [4.78, 5) is 0. The van der Waals surface area contributed by atoms with Gasteiger partial charge in [0.05, 0.1) is 0 Å². The number of hydrogen-bond donors (Lipinski definition) is 0. The molecule has 8 heavy (non-hydrogen) atoms. The molecular weight excluding hydrogens is 124 g/mol. The lowest BCUT2D eigenvalue weighted by Gasteiger charge is -2.05. The fourth-order valence-corrected chi connectivity index (χ4v) is 0.866. The molecule has 52 valence electrons. The lowest BCUT2D eigenvalue weighted by Crippen LogP contribution is -2.21. The molecule has 0 saturated carbocycles. The van der Waals surface area contributed by atoms with Crippen LogP contribution in [0.3, 0.4) is 0 Å². The summed E-state index contributed by atoms with van der Waals surface area (Å²) in [6.45, 7) is 0. The van der Waals surface area contributed by atoms with Gasteiger partial charge < -0.3 is 13.3 Å². The van der Waals surface area contributed by atoms with Crippen LogP contribution >= 0.6 is 0 Å². The average Bonchev–Trinajstić information content (AvgIpc) is 1.72. The second-order valence-corrected chi connectivity index (χ2v) is 2.99. The maximum Gasteiger partial charge on any atom is 0.483 e. The van der Waals surface area contributed by atoms with Gasteiger partial charge in [-0.1, -0.05) is 7.43 Å². The van der Waals surface area contributed by atoms with Crippen molar-refractivity contribution in [2.45, 2.75) is 7.43 Å². The molecule has 0 amide bonds. The van der Waals surface area contributed by atoms with Crippen molar-refractivity contribution in [3.05, 3.63) is 0 Å². The lowest BCUT2D eigenvalue weighted by molar-refractivity contribution is 0.163. The predicted molar refractivity (Wildman–Crippen MR) is 34.9 cm³/mol. The summed E-state index contributed by atoms with van der Waals surface area (Å²) < 4.78 is 14.2. The highest BCUT2D eigenvalue weighted by molar-refractivity contribution is 6.36. The molecule has 0 radical (unpaired) electrons. The fraction of sp³-hybridized carbons (Fsp3) is 1.00. The van der Waals surface area contributed by atoms with Gasteiger partial charge in [0, 0.05) is 21.3 Å². The monoisotopic (exact) mass is 138 g/mol. The normalized spacial score (nSPS) is 9.00. The minimum Gasteiger partial charge on any atom is -0.379 e. The van der Waals surface area contributed by atoms with Crippen LogP contribution < -0.4 is 0 Å². The van der Waals surface area contributed by atoms with E-state index in [1.807, 2.05) is 0 Å². The standard InChI is InChI=1S/C3H10O3Si.CH4/c1-4-7(5-2)6-3;/h7H,1-3H3;1H4. The third kappa shape index (κ3) is 4.26. The molecule has 0 N–H and O–H groups in total. The Morgan fingerprint density at radius 1 is 0.875 bits per heavy atom. The topological polar surface area (TPSA) is 27.7 Å². The Labute approximate surface area is 52.5 Å². The maximum atomic E-state index is 4.74. The third-order valence-corrected chi connectivity index (χ3v) is 1.73. The second-order valence-electron chi connectivity index (χ2n) is 0.996. The molecule has 4 heteroatoms. The van der Waals surface area contributed by atoms with E-state index in [-0.39, 0.29) is 7.43 Å².